The van der Waals surface area contributed by atoms with Gasteiger partial charge in [-0.05, 0) is 25.0 Å². The van der Waals surface area contributed by atoms with Crippen molar-refractivity contribution in [1.82, 2.24) is 0 Å². The van der Waals surface area contributed by atoms with E-state index in [1.165, 1.54) is 0 Å². The highest BCUT2D eigenvalue weighted by Crippen LogP contribution is 2.34. The minimum absolute atomic E-state index is 0.0203. The number of anilines is 1. The van der Waals surface area contributed by atoms with Crippen LogP contribution in [-0.4, -0.2) is 5.91 Å². The fourth-order valence-electron chi connectivity index (χ4n) is 1.82. The number of amides is 1. The maximum absolute atomic E-state index is 11.7. The highest BCUT2D eigenvalue weighted by Gasteiger charge is 2.31. The molecule has 0 saturated heterocycles. The molecule has 2 aromatic rings. The summed E-state index contributed by atoms with van der Waals surface area (Å²) in [6.07, 6.45) is 1.87. The number of nitrogens with zero attached hydrogens (tertiary/aromatic N) is 1. The van der Waals surface area contributed by atoms with Crippen LogP contribution in [0.5, 0.6) is 0 Å². The number of para-hydroxylation sites is 1. The van der Waals surface area contributed by atoms with E-state index < -0.39 is 0 Å². The molecule has 1 aromatic heterocycles. The number of hydrogen-bond donors (Lipinski definition) is 1. The van der Waals surface area contributed by atoms with Crippen LogP contribution < -0.4 is 5.32 Å². The summed E-state index contributed by atoms with van der Waals surface area (Å²) in [7, 11) is 0. The molecule has 0 atom stereocenters. The summed E-state index contributed by atoms with van der Waals surface area (Å²) in [5.41, 5.74) is 1.12. The van der Waals surface area contributed by atoms with Gasteiger partial charge in [-0.3, -0.25) is 4.79 Å². The summed E-state index contributed by atoms with van der Waals surface area (Å²) in [6, 6.07) is 9.27. The molecule has 1 N–H and O–H groups in total. The van der Waals surface area contributed by atoms with Gasteiger partial charge in [-0.15, -0.1) is 0 Å². The molecule has 0 unspecified atom stereocenters. The maximum atomic E-state index is 11.7. The van der Waals surface area contributed by atoms with Gasteiger partial charge in [0.15, 0.2) is 0 Å². The summed E-state index contributed by atoms with van der Waals surface area (Å²) in [5, 5.41) is 12.6. The maximum Gasteiger partial charge on any atom is 0.228 e. The van der Waals surface area contributed by atoms with Gasteiger partial charge in [0.25, 0.3) is 0 Å². The van der Waals surface area contributed by atoms with Gasteiger partial charge in [0.2, 0.25) is 11.7 Å². The quantitative estimate of drug-likeness (QED) is 0.856. The van der Waals surface area contributed by atoms with Crippen molar-refractivity contribution in [3.63, 3.8) is 0 Å². The zero-order valence-corrected chi connectivity index (χ0v) is 9.06. The highest BCUT2D eigenvalue weighted by atomic mass is 16.3. The molecule has 0 bridgehead atoms. The van der Waals surface area contributed by atoms with Crippen LogP contribution in [0.2, 0.25) is 0 Å². The molecule has 4 heteroatoms. The number of rotatable bonds is 2. The largest absolute Gasteiger partial charge is 0.443 e. The number of benzene rings is 1. The monoisotopic (exact) mass is 226 g/mol. The van der Waals surface area contributed by atoms with Crippen LogP contribution in [0.1, 0.15) is 18.6 Å². The molecule has 1 aliphatic carbocycles. The lowest BCUT2D eigenvalue weighted by Gasteiger charge is -2.01. The van der Waals surface area contributed by atoms with Crippen molar-refractivity contribution in [3.05, 3.63) is 30.0 Å². The van der Waals surface area contributed by atoms with Crippen LogP contribution in [0.4, 0.5) is 5.69 Å². The van der Waals surface area contributed by atoms with Crippen LogP contribution in [0.15, 0.2) is 28.7 Å². The molecule has 1 aliphatic rings. The van der Waals surface area contributed by atoms with Crippen LogP contribution in [0, 0.1) is 17.2 Å². The summed E-state index contributed by atoms with van der Waals surface area (Å²) < 4.78 is 5.37. The van der Waals surface area contributed by atoms with E-state index >= 15 is 0 Å². The fourth-order valence-corrected chi connectivity index (χ4v) is 1.82. The first-order valence-corrected chi connectivity index (χ1v) is 5.52. The molecule has 1 heterocycles. The third-order valence-electron chi connectivity index (χ3n) is 2.89. The summed E-state index contributed by atoms with van der Waals surface area (Å²) in [6.45, 7) is 0. The van der Waals surface area contributed by atoms with Crippen LogP contribution >= 0.6 is 0 Å². The molecule has 1 amide bonds. The van der Waals surface area contributed by atoms with Crippen molar-refractivity contribution in [2.24, 2.45) is 5.92 Å². The zero-order chi connectivity index (χ0) is 11.8. The number of nitriles is 1. The number of furan rings is 1. The van der Waals surface area contributed by atoms with Gasteiger partial charge >= 0.3 is 0 Å². The SMILES string of the molecule is N#Cc1oc2ccccc2c1NC(=O)C1CC1. The first kappa shape index (κ1) is 9.91. The predicted molar refractivity (Wildman–Crippen MR) is 62.3 cm³/mol. The zero-order valence-electron chi connectivity index (χ0n) is 9.06. The molecular weight excluding hydrogens is 216 g/mol. The second kappa shape index (κ2) is 3.63. The third kappa shape index (κ3) is 1.66. The van der Waals surface area contributed by atoms with Crippen molar-refractivity contribution < 1.29 is 9.21 Å². The van der Waals surface area contributed by atoms with Crippen molar-refractivity contribution in [2.75, 3.05) is 5.32 Å². The Morgan fingerprint density at radius 2 is 2.18 bits per heavy atom. The van der Waals surface area contributed by atoms with Gasteiger partial charge in [-0.2, -0.15) is 5.26 Å². The second-order valence-corrected chi connectivity index (χ2v) is 4.18. The molecule has 84 valence electrons. The number of carbonyl (C=O) groups is 1. The van der Waals surface area contributed by atoms with Gasteiger partial charge < -0.3 is 9.73 Å². The summed E-state index contributed by atoms with van der Waals surface area (Å²) >= 11 is 0. The molecule has 17 heavy (non-hydrogen) atoms. The van der Waals surface area contributed by atoms with Gasteiger partial charge in [-0.25, -0.2) is 0 Å². The third-order valence-corrected chi connectivity index (χ3v) is 2.89. The second-order valence-electron chi connectivity index (χ2n) is 4.18. The lowest BCUT2D eigenvalue weighted by molar-refractivity contribution is -0.117. The minimum atomic E-state index is -0.0203. The van der Waals surface area contributed by atoms with E-state index in [4.69, 9.17) is 9.68 Å². The highest BCUT2D eigenvalue weighted by molar-refractivity contribution is 6.04. The average Bonchev–Trinajstić information content (AvgIpc) is 3.14. The molecule has 4 nitrogen and oxygen atoms in total. The molecule has 1 aromatic carbocycles. The molecule has 1 fully saturated rings. The molecular formula is C13H10N2O2. The standard InChI is InChI=1S/C13H10N2O2/c14-7-11-12(15-13(16)8-5-6-8)9-3-1-2-4-10(9)17-11/h1-4,8H,5-6H2,(H,15,16). The van der Waals surface area contributed by atoms with E-state index in [0.717, 1.165) is 18.2 Å². The van der Waals surface area contributed by atoms with Crippen molar-refractivity contribution in [1.29, 1.82) is 5.26 Å². The number of fused-ring (bicyclic) bond motifs is 1. The lowest BCUT2D eigenvalue weighted by atomic mass is 10.2. The van der Waals surface area contributed by atoms with Crippen LogP contribution in [0.3, 0.4) is 0 Å². The molecule has 1 saturated carbocycles. The van der Waals surface area contributed by atoms with Crippen LogP contribution in [-0.2, 0) is 4.79 Å². The van der Waals surface area contributed by atoms with E-state index in [2.05, 4.69) is 5.32 Å². The van der Waals surface area contributed by atoms with Gasteiger partial charge in [-0.1, -0.05) is 12.1 Å². The Bertz CT molecular complexity index is 632. The minimum Gasteiger partial charge on any atom is -0.443 e. The van der Waals surface area contributed by atoms with E-state index in [1.807, 2.05) is 24.3 Å². The molecule has 0 aliphatic heterocycles. The first-order chi connectivity index (χ1) is 8.29. The molecule has 0 radical (unpaired) electrons. The Morgan fingerprint density at radius 1 is 1.41 bits per heavy atom. The molecule has 0 spiro atoms. The summed E-state index contributed by atoms with van der Waals surface area (Å²) in [5.74, 6) is 0.253. The average molecular weight is 226 g/mol. The van der Waals surface area contributed by atoms with Crippen molar-refractivity contribution in [2.45, 2.75) is 12.8 Å². The fraction of sp³-hybridized carbons (Fsp3) is 0.231. The van der Waals surface area contributed by atoms with Gasteiger partial charge in [0, 0.05) is 11.3 Å². The molecule has 3 rings (SSSR count). The number of hydrogen-bond acceptors (Lipinski definition) is 3. The van der Waals surface area contributed by atoms with E-state index in [-0.39, 0.29) is 17.6 Å². The van der Waals surface area contributed by atoms with Gasteiger partial charge in [0.1, 0.15) is 17.3 Å². The number of nitrogens with one attached hydrogen (secondary N) is 1. The smallest absolute Gasteiger partial charge is 0.228 e. The Labute approximate surface area is 97.8 Å². The van der Waals surface area contributed by atoms with Crippen molar-refractivity contribution >= 4 is 22.6 Å². The van der Waals surface area contributed by atoms with E-state index in [0.29, 0.717) is 11.3 Å². The van der Waals surface area contributed by atoms with Gasteiger partial charge in [0.05, 0.1) is 0 Å². The Morgan fingerprint density at radius 3 is 2.88 bits per heavy atom. The normalized spacial score (nSPS) is 14.5. The van der Waals surface area contributed by atoms with Crippen molar-refractivity contribution in [3.8, 4) is 6.07 Å². The predicted octanol–water partition coefficient (Wildman–Crippen LogP) is 2.65. The van der Waals surface area contributed by atoms with E-state index in [9.17, 15) is 4.79 Å². The Hall–Kier alpha value is -2.28. The topological polar surface area (TPSA) is 66.0 Å². The van der Waals surface area contributed by atoms with Crippen LogP contribution in [0.25, 0.3) is 11.0 Å². The summed E-state index contributed by atoms with van der Waals surface area (Å²) in [4.78, 5) is 11.7. The first-order valence-electron chi connectivity index (χ1n) is 5.52. The lowest BCUT2D eigenvalue weighted by Crippen LogP contribution is -2.13. The number of carbonyl (C=O) groups excluding carboxylic acids is 1. The Balaban J connectivity index is 2.06. The Kier molecular flexibility index (Phi) is 2.12. The van der Waals surface area contributed by atoms with E-state index in [1.54, 1.807) is 6.07 Å².